The SMILES string of the molecule is CN(C)C(=O)c1cc2n(n1)CCCN(c1nc(Cl)nc3c(F)c(Br)c(Cl)cc13)C2. The van der Waals surface area contributed by atoms with Crippen molar-refractivity contribution in [1.29, 1.82) is 0 Å². The Hall–Kier alpha value is -1.97. The van der Waals surface area contributed by atoms with Crippen molar-refractivity contribution in [1.82, 2.24) is 24.6 Å². The van der Waals surface area contributed by atoms with E-state index in [0.29, 0.717) is 36.5 Å². The Morgan fingerprint density at radius 3 is 2.72 bits per heavy atom. The van der Waals surface area contributed by atoms with E-state index in [9.17, 15) is 9.18 Å². The van der Waals surface area contributed by atoms with Crippen LogP contribution in [-0.2, 0) is 13.1 Å². The standard InChI is InChI=1S/C18H16BrCl2FN6O/c1-26(2)17(29)12-6-9-8-27(4-3-5-28(9)25-12)16-10-7-11(20)13(19)14(22)15(10)23-18(21)24-16/h6-7H,3-5,8H2,1-2H3. The third-order valence-electron chi connectivity index (χ3n) is 4.72. The van der Waals surface area contributed by atoms with E-state index < -0.39 is 5.82 Å². The van der Waals surface area contributed by atoms with Crippen molar-refractivity contribution in [2.75, 3.05) is 25.5 Å². The minimum Gasteiger partial charge on any atom is -0.350 e. The first-order chi connectivity index (χ1) is 13.8. The molecule has 3 aromatic rings. The summed E-state index contributed by atoms with van der Waals surface area (Å²) in [7, 11) is 3.37. The summed E-state index contributed by atoms with van der Waals surface area (Å²) < 4.78 is 16.7. The molecule has 0 fully saturated rings. The van der Waals surface area contributed by atoms with Crippen LogP contribution in [0.2, 0.25) is 10.3 Å². The predicted octanol–water partition coefficient (Wildman–Crippen LogP) is 4.15. The van der Waals surface area contributed by atoms with Crippen molar-refractivity contribution in [2.45, 2.75) is 19.5 Å². The van der Waals surface area contributed by atoms with E-state index in [1.807, 2.05) is 9.58 Å². The molecule has 4 rings (SSSR count). The molecular weight excluding hydrogens is 486 g/mol. The Balaban J connectivity index is 1.80. The molecule has 0 atom stereocenters. The van der Waals surface area contributed by atoms with Gasteiger partial charge in [-0.2, -0.15) is 10.1 Å². The Labute approximate surface area is 184 Å². The van der Waals surface area contributed by atoms with Crippen molar-refractivity contribution >= 4 is 61.8 Å². The van der Waals surface area contributed by atoms with Gasteiger partial charge in [-0.05, 0) is 46.1 Å². The molecule has 11 heteroatoms. The fourth-order valence-electron chi connectivity index (χ4n) is 3.35. The van der Waals surface area contributed by atoms with Gasteiger partial charge in [0.2, 0.25) is 5.28 Å². The van der Waals surface area contributed by atoms with Crippen LogP contribution in [0.15, 0.2) is 16.6 Å². The molecule has 0 unspecified atom stereocenters. The number of rotatable bonds is 2. The van der Waals surface area contributed by atoms with Gasteiger partial charge in [0.25, 0.3) is 5.91 Å². The summed E-state index contributed by atoms with van der Waals surface area (Å²) in [4.78, 5) is 24.1. The second kappa shape index (κ2) is 7.70. The van der Waals surface area contributed by atoms with E-state index in [1.54, 1.807) is 26.2 Å². The zero-order chi connectivity index (χ0) is 20.9. The molecule has 0 bridgehead atoms. The Kier molecular flexibility index (Phi) is 5.39. The molecule has 7 nitrogen and oxygen atoms in total. The Morgan fingerprint density at radius 1 is 1.24 bits per heavy atom. The fraction of sp³-hybridized carbons (Fsp3) is 0.333. The van der Waals surface area contributed by atoms with E-state index in [4.69, 9.17) is 23.2 Å². The smallest absolute Gasteiger partial charge is 0.273 e. The number of hydrogen-bond acceptors (Lipinski definition) is 5. The van der Waals surface area contributed by atoms with Crippen molar-refractivity contribution < 1.29 is 9.18 Å². The van der Waals surface area contributed by atoms with Gasteiger partial charge >= 0.3 is 0 Å². The summed E-state index contributed by atoms with van der Waals surface area (Å²) in [6.07, 6.45) is 0.764. The normalized spacial score (nSPS) is 14.1. The summed E-state index contributed by atoms with van der Waals surface area (Å²) in [6, 6.07) is 3.40. The molecule has 1 aliphatic rings. The number of aryl methyl sites for hydroxylation is 1. The molecule has 29 heavy (non-hydrogen) atoms. The molecule has 1 amide bonds. The second-order valence-corrected chi connectivity index (χ2v) is 8.46. The lowest BCUT2D eigenvalue weighted by atomic mass is 10.2. The highest BCUT2D eigenvalue weighted by Crippen LogP contribution is 2.36. The molecule has 1 aromatic carbocycles. The van der Waals surface area contributed by atoms with Gasteiger partial charge < -0.3 is 9.80 Å². The number of anilines is 1. The van der Waals surface area contributed by atoms with Crippen molar-refractivity contribution in [2.24, 2.45) is 0 Å². The zero-order valence-electron chi connectivity index (χ0n) is 15.6. The number of fused-ring (bicyclic) bond motifs is 2. The fourth-order valence-corrected chi connectivity index (χ4v) is 4.01. The second-order valence-electron chi connectivity index (χ2n) is 6.92. The highest BCUT2D eigenvalue weighted by atomic mass is 79.9. The monoisotopic (exact) mass is 500 g/mol. The molecular formula is C18H16BrCl2FN6O. The average Bonchev–Trinajstić information content (AvgIpc) is 2.97. The Morgan fingerprint density at radius 2 is 2.00 bits per heavy atom. The van der Waals surface area contributed by atoms with Crippen LogP contribution in [0.4, 0.5) is 10.2 Å². The summed E-state index contributed by atoms with van der Waals surface area (Å²) in [6.45, 7) is 1.74. The molecule has 2 aromatic heterocycles. The molecule has 1 aliphatic heterocycles. The molecule has 0 aliphatic carbocycles. The minimum atomic E-state index is -0.586. The van der Waals surface area contributed by atoms with Crippen molar-refractivity contribution in [3.05, 3.63) is 44.1 Å². The van der Waals surface area contributed by atoms with E-state index in [-0.39, 0.29) is 26.2 Å². The summed E-state index contributed by atoms with van der Waals surface area (Å²) in [5.41, 5.74) is 1.34. The first-order valence-electron chi connectivity index (χ1n) is 8.80. The van der Waals surface area contributed by atoms with Gasteiger partial charge in [-0.15, -0.1) is 0 Å². The first kappa shape index (κ1) is 20.3. The van der Waals surface area contributed by atoms with Gasteiger partial charge in [0.05, 0.1) is 21.7 Å². The molecule has 0 spiro atoms. The van der Waals surface area contributed by atoms with Crippen LogP contribution in [0.25, 0.3) is 10.9 Å². The topological polar surface area (TPSA) is 67.2 Å². The highest BCUT2D eigenvalue weighted by Gasteiger charge is 2.24. The minimum absolute atomic E-state index is 0.0538. The van der Waals surface area contributed by atoms with E-state index in [1.165, 1.54) is 4.90 Å². The largest absolute Gasteiger partial charge is 0.350 e. The molecule has 0 saturated heterocycles. The number of amides is 1. The number of benzene rings is 1. The third-order valence-corrected chi connectivity index (χ3v) is 6.19. The van der Waals surface area contributed by atoms with Crippen LogP contribution in [0.5, 0.6) is 0 Å². The van der Waals surface area contributed by atoms with Crippen LogP contribution in [-0.4, -0.2) is 51.2 Å². The van der Waals surface area contributed by atoms with Gasteiger partial charge in [0, 0.05) is 32.6 Å². The summed E-state index contributed by atoms with van der Waals surface area (Å²) >= 11 is 15.4. The number of hydrogen-bond donors (Lipinski definition) is 0. The number of halogens is 4. The predicted molar refractivity (Wildman–Crippen MR) is 113 cm³/mol. The maximum Gasteiger partial charge on any atom is 0.273 e. The lowest BCUT2D eigenvalue weighted by Crippen LogP contribution is -2.24. The van der Waals surface area contributed by atoms with Gasteiger partial charge in [-0.1, -0.05) is 11.6 Å². The van der Waals surface area contributed by atoms with Crippen LogP contribution in [0.3, 0.4) is 0 Å². The average molecular weight is 502 g/mol. The third kappa shape index (κ3) is 3.67. The van der Waals surface area contributed by atoms with E-state index >= 15 is 0 Å². The lowest BCUT2D eigenvalue weighted by Gasteiger charge is -2.23. The van der Waals surface area contributed by atoms with Gasteiger partial charge in [0.1, 0.15) is 11.3 Å². The van der Waals surface area contributed by atoms with E-state index in [0.717, 1.165) is 12.1 Å². The van der Waals surface area contributed by atoms with Crippen LogP contribution < -0.4 is 4.90 Å². The van der Waals surface area contributed by atoms with Crippen molar-refractivity contribution in [3.63, 3.8) is 0 Å². The van der Waals surface area contributed by atoms with Crippen LogP contribution in [0, 0.1) is 5.82 Å². The van der Waals surface area contributed by atoms with Crippen LogP contribution >= 0.6 is 39.1 Å². The first-order valence-corrected chi connectivity index (χ1v) is 10.3. The molecule has 152 valence electrons. The summed E-state index contributed by atoms with van der Waals surface area (Å²) in [5.74, 6) is -0.258. The van der Waals surface area contributed by atoms with Gasteiger partial charge in [-0.3, -0.25) is 9.48 Å². The Bertz CT molecular complexity index is 1140. The van der Waals surface area contributed by atoms with Crippen LogP contribution in [0.1, 0.15) is 22.6 Å². The van der Waals surface area contributed by atoms with E-state index in [2.05, 4.69) is 31.0 Å². The van der Waals surface area contributed by atoms with Gasteiger partial charge in [0.15, 0.2) is 11.5 Å². The highest BCUT2D eigenvalue weighted by molar-refractivity contribution is 9.10. The molecule has 0 radical (unpaired) electrons. The maximum atomic E-state index is 14.7. The van der Waals surface area contributed by atoms with Gasteiger partial charge in [-0.25, -0.2) is 9.37 Å². The lowest BCUT2D eigenvalue weighted by molar-refractivity contribution is 0.0821. The molecule has 0 saturated carbocycles. The number of carbonyl (C=O) groups is 1. The number of nitrogens with zero attached hydrogens (tertiary/aromatic N) is 6. The quantitative estimate of drug-likeness (QED) is 0.390. The zero-order valence-corrected chi connectivity index (χ0v) is 18.7. The molecule has 3 heterocycles. The van der Waals surface area contributed by atoms with Crippen molar-refractivity contribution in [3.8, 4) is 0 Å². The number of carbonyl (C=O) groups excluding carboxylic acids is 1. The molecule has 0 N–H and O–H groups in total. The maximum absolute atomic E-state index is 14.7. The summed E-state index contributed by atoms with van der Waals surface area (Å²) in [5, 5.41) is 5.07. The number of aromatic nitrogens is 4.